The third kappa shape index (κ3) is 2.70. The van der Waals surface area contributed by atoms with Gasteiger partial charge in [-0.3, -0.25) is 4.79 Å². The number of ketones is 1. The molecule has 0 atom stereocenters. The molecule has 0 radical (unpaired) electrons. The van der Waals surface area contributed by atoms with Gasteiger partial charge in [-0.05, 0) is 40.2 Å². The van der Waals surface area contributed by atoms with E-state index in [0.29, 0.717) is 4.47 Å². The highest BCUT2D eigenvalue weighted by Crippen LogP contribution is 2.22. The number of rotatable bonds is 4. The molecular formula is C12H9BrO4S. The van der Waals surface area contributed by atoms with Crippen molar-refractivity contribution in [3.8, 4) is 0 Å². The van der Waals surface area contributed by atoms with Gasteiger partial charge in [0, 0.05) is 4.47 Å². The average Bonchev–Trinajstić information content (AvgIpc) is 2.82. The molecule has 4 nitrogen and oxygen atoms in total. The molecule has 0 spiro atoms. The van der Waals surface area contributed by atoms with Crippen molar-refractivity contribution in [3.05, 3.63) is 52.9 Å². The second-order valence-corrected chi connectivity index (χ2v) is 6.40. The van der Waals surface area contributed by atoms with Crippen LogP contribution >= 0.6 is 15.9 Å². The van der Waals surface area contributed by atoms with E-state index in [1.807, 2.05) is 0 Å². The lowest BCUT2D eigenvalue weighted by molar-refractivity contribution is 0.0990. The van der Waals surface area contributed by atoms with E-state index in [1.54, 1.807) is 18.2 Å². The van der Waals surface area contributed by atoms with Crippen LogP contribution in [0.1, 0.15) is 10.6 Å². The highest BCUT2D eigenvalue weighted by molar-refractivity contribution is 9.10. The van der Waals surface area contributed by atoms with Gasteiger partial charge >= 0.3 is 0 Å². The lowest BCUT2D eigenvalue weighted by Crippen LogP contribution is -2.16. The first-order valence-corrected chi connectivity index (χ1v) is 7.49. The van der Waals surface area contributed by atoms with Crippen LogP contribution in [-0.2, 0) is 9.84 Å². The summed E-state index contributed by atoms with van der Waals surface area (Å²) in [6.45, 7) is 0. The highest BCUT2D eigenvalue weighted by atomic mass is 79.9. The van der Waals surface area contributed by atoms with Crippen molar-refractivity contribution >= 4 is 31.6 Å². The molecule has 0 bridgehead atoms. The van der Waals surface area contributed by atoms with Crippen molar-refractivity contribution in [2.24, 2.45) is 0 Å². The van der Waals surface area contributed by atoms with Crippen LogP contribution in [0.3, 0.4) is 0 Å². The summed E-state index contributed by atoms with van der Waals surface area (Å²) in [7, 11) is -3.67. The molecule has 0 aliphatic carbocycles. The fourth-order valence-electron chi connectivity index (χ4n) is 1.46. The molecule has 0 N–H and O–H groups in total. The molecule has 0 unspecified atom stereocenters. The molecule has 2 rings (SSSR count). The molecule has 0 aliphatic rings. The molecule has 0 aliphatic heterocycles. The maximum atomic E-state index is 12.1. The predicted molar refractivity (Wildman–Crippen MR) is 69.2 cm³/mol. The van der Waals surface area contributed by atoms with Gasteiger partial charge in [-0.25, -0.2) is 8.42 Å². The quantitative estimate of drug-likeness (QED) is 0.809. The molecule has 0 amide bonds. The Kier molecular flexibility index (Phi) is 3.68. The number of benzene rings is 1. The third-order valence-corrected chi connectivity index (χ3v) is 4.91. The fraction of sp³-hybridized carbons (Fsp3) is 0.0833. The van der Waals surface area contributed by atoms with Crippen molar-refractivity contribution in [2.45, 2.75) is 4.90 Å². The number of carbonyl (C=O) groups excluding carboxylic acids is 1. The number of hydrogen-bond acceptors (Lipinski definition) is 4. The van der Waals surface area contributed by atoms with Crippen molar-refractivity contribution in [2.75, 3.05) is 5.75 Å². The summed E-state index contributed by atoms with van der Waals surface area (Å²) in [5.41, 5.74) is 0. The molecule has 18 heavy (non-hydrogen) atoms. The van der Waals surface area contributed by atoms with Crippen LogP contribution in [0, 0.1) is 0 Å². The second-order valence-electron chi connectivity index (χ2n) is 3.59. The van der Waals surface area contributed by atoms with Gasteiger partial charge < -0.3 is 4.42 Å². The van der Waals surface area contributed by atoms with E-state index in [1.165, 1.54) is 24.5 Å². The minimum absolute atomic E-state index is 0.0469. The summed E-state index contributed by atoms with van der Waals surface area (Å²) >= 11 is 3.16. The number of furan rings is 1. The Labute approximate surface area is 113 Å². The van der Waals surface area contributed by atoms with Gasteiger partial charge in [0.15, 0.2) is 15.6 Å². The topological polar surface area (TPSA) is 64.3 Å². The summed E-state index contributed by atoms with van der Waals surface area (Å²) in [6.07, 6.45) is 1.33. The SMILES string of the molecule is O=C(CS(=O)(=O)c1ccccc1Br)c1ccco1. The largest absolute Gasteiger partial charge is 0.461 e. The van der Waals surface area contributed by atoms with Crippen LogP contribution in [0.15, 0.2) is 56.4 Å². The standard InChI is InChI=1S/C12H9BrO4S/c13-9-4-1-2-6-12(9)18(15,16)8-10(14)11-5-3-7-17-11/h1-7H,8H2. The third-order valence-electron chi connectivity index (χ3n) is 2.29. The van der Waals surface area contributed by atoms with Crippen LogP contribution in [-0.4, -0.2) is 20.0 Å². The summed E-state index contributed by atoms with van der Waals surface area (Å²) in [6, 6.07) is 9.36. The van der Waals surface area contributed by atoms with Gasteiger partial charge in [-0.2, -0.15) is 0 Å². The molecular weight excluding hydrogens is 320 g/mol. The molecule has 2 aromatic rings. The van der Waals surface area contributed by atoms with E-state index < -0.39 is 21.4 Å². The molecule has 1 aromatic heterocycles. The van der Waals surface area contributed by atoms with Crippen LogP contribution in [0.4, 0.5) is 0 Å². The second kappa shape index (κ2) is 5.07. The lowest BCUT2D eigenvalue weighted by atomic mass is 10.3. The molecule has 94 valence electrons. The van der Waals surface area contributed by atoms with E-state index in [4.69, 9.17) is 4.42 Å². The Morgan fingerprint density at radius 3 is 2.50 bits per heavy atom. The van der Waals surface area contributed by atoms with Crippen LogP contribution < -0.4 is 0 Å². The van der Waals surface area contributed by atoms with E-state index in [9.17, 15) is 13.2 Å². The highest BCUT2D eigenvalue weighted by Gasteiger charge is 2.23. The summed E-state index contributed by atoms with van der Waals surface area (Å²) in [5, 5.41) is 0. The minimum atomic E-state index is -3.67. The van der Waals surface area contributed by atoms with E-state index in [2.05, 4.69) is 15.9 Å². The Hall–Kier alpha value is -1.40. The Morgan fingerprint density at radius 2 is 1.89 bits per heavy atom. The van der Waals surface area contributed by atoms with Crippen LogP contribution in [0.25, 0.3) is 0 Å². The average molecular weight is 329 g/mol. The zero-order valence-corrected chi connectivity index (χ0v) is 11.6. The minimum Gasteiger partial charge on any atom is -0.461 e. The van der Waals surface area contributed by atoms with Crippen molar-refractivity contribution in [3.63, 3.8) is 0 Å². The summed E-state index contributed by atoms with van der Waals surface area (Å²) in [5.74, 6) is -1.12. The Morgan fingerprint density at radius 1 is 1.17 bits per heavy atom. The normalized spacial score (nSPS) is 11.4. The Balaban J connectivity index is 2.29. The van der Waals surface area contributed by atoms with Gasteiger partial charge in [0.05, 0.1) is 11.2 Å². The molecule has 6 heteroatoms. The lowest BCUT2D eigenvalue weighted by Gasteiger charge is -2.04. The van der Waals surface area contributed by atoms with E-state index >= 15 is 0 Å². The zero-order valence-electron chi connectivity index (χ0n) is 9.17. The first-order valence-electron chi connectivity index (χ1n) is 5.05. The molecule has 0 saturated heterocycles. The monoisotopic (exact) mass is 328 g/mol. The maximum absolute atomic E-state index is 12.1. The van der Waals surface area contributed by atoms with E-state index in [0.717, 1.165) is 0 Å². The van der Waals surface area contributed by atoms with Gasteiger partial charge in [-0.15, -0.1) is 0 Å². The van der Waals surface area contributed by atoms with Gasteiger partial charge in [0.1, 0.15) is 5.75 Å². The van der Waals surface area contributed by atoms with Gasteiger partial charge in [-0.1, -0.05) is 12.1 Å². The summed E-state index contributed by atoms with van der Waals surface area (Å²) < 4.78 is 29.5. The van der Waals surface area contributed by atoms with Gasteiger partial charge in [0.2, 0.25) is 5.78 Å². The van der Waals surface area contributed by atoms with E-state index in [-0.39, 0.29) is 10.7 Å². The Bertz CT molecular complexity index is 659. The van der Waals surface area contributed by atoms with Crippen LogP contribution in [0.2, 0.25) is 0 Å². The van der Waals surface area contributed by atoms with Gasteiger partial charge in [0.25, 0.3) is 0 Å². The maximum Gasteiger partial charge on any atom is 0.213 e. The molecule has 0 saturated carbocycles. The van der Waals surface area contributed by atoms with Crippen molar-refractivity contribution < 1.29 is 17.6 Å². The number of carbonyl (C=O) groups is 1. The van der Waals surface area contributed by atoms with Crippen LogP contribution in [0.5, 0.6) is 0 Å². The summed E-state index contributed by atoms with van der Waals surface area (Å²) in [4.78, 5) is 11.8. The fourth-order valence-corrected chi connectivity index (χ4v) is 3.77. The number of hydrogen-bond donors (Lipinski definition) is 0. The molecule has 0 fully saturated rings. The number of halogens is 1. The number of sulfone groups is 1. The van der Waals surface area contributed by atoms with Crippen molar-refractivity contribution in [1.82, 2.24) is 0 Å². The van der Waals surface area contributed by atoms with Crippen molar-refractivity contribution in [1.29, 1.82) is 0 Å². The molecule has 1 aromatic carbocycles. The first-order chi connectivity index (χ1) is 8.50. The first kappa shape index (κ1) is 13.0. The predicted octanol–water partition coefficient (Wildman–Crippen LogP) is 2.70. The smallest absolute Gasteiger partial charge is 0.213 e. The zero-order chi connectivity index (χ0) is 13.2. The number of Topliss-reactive ketones (excluding diaryl/α,β-unsaturated/α-hetero) is 1. The molecule has 1 heterocycles.